The van der Waals surface area contributed by atoms with Crippen molar-refractivity contribution < 1.29 is 9.53 Å². The Balaban J connectivity index is 1.63. The van der Waals surface area contributed by atoms with Crippen molar-refractivity contribution in [3.05, 3.63) is 36.4 Å². The molecule has 0 radical (unpaired) electrons. The van der Waals surface area contributed by atoms with Crippen LogP contribution in [-0.4, -0.2) is 31.3 Å². The molecule has 2 N–H and O–H groups in total. The topological polar surface area (TPSA) is 63.2 Å². The molecule has 6 heteroatoms. The summed E-state index contributed by atoms with van der Waals surface area (Å²) in [7, 11) is 1.60. The molecule has 0 bridgehead atoms. The Labute approximate surface area is 137 Å². The summed E-state index contributed by atoms with van der Waals surface area (Å²) in [6.45, 7) is 0.951. The van der Waals surface area contributed by atoms with Crippen LogP contribution in [0.5, 0.6) is 0 Å². The Hall–Kier alpha value is -2.44. The van der Waals surface area contributed by atoms with Crippen LogP contribution < -0.4 is 10.6 Å². The van der Waals surface area contributed by atoms with Gasteiger partial charge in [-0.15, -0.1) is 0 Å². The van der Waals surface area contributed by atoms with Crippen LogP contribution in [-0.2, 0) is 4.74 Å². The highest BCUT2D eigenvalue weighted by molar-refractivity contribution is 7.19. The van der Waals surface area contributed by atoms with Gasteiger partial charge in [-0.3, -0.25) is 5.32 Å². The molecule has 3 aromatic rings. The molecule has 0 atom stereocenters. The molecule has 1 aliphatic carbocycles. The maximum absolute atomic E-state index is 11.8. The van der Waals surface area contributed by atoms with Crippen molar-refractivity contribution in [1.29, 1.82) is 0 Å². The number of nitrogens with zero attached hydrogens (tertiary/aromatic N) is 1. The smallest absolute Gasteiger partial charge is 0.321 e. The van der Waals surface area contributed by atoms with Crippen molar-refractivity contribution in [3.8, 4) is 21.7 Å². The number of hydrogen-bond donors (Lipinski definition) is 2. The normalized spacial score (nSPS) is 11.5. The average molecular weight is 325 g/mol. The van der Waals surface area contributed by atoms with Gasteiger partial charge in [-0.2, -0.15) is 0 Å². The molecule has 4 rings (SSSR count). The van der Waals surface area contributed by atoms with E-state index in [9.17, 15) is 4.79 Å². The first-order chi connectivity index (χ1) is 11.3. The lowest BCUT2D eigenvalue weighted by Gasteiger charge is -2.05. The lowest BCUT2D eigenvalue weighted by molar-refractivity contribution is 0.198. The number of urea groups is 1. The molecule has 0 saturated heterocycles. The largest absolute Gasteiger partial charge is 0.383 e. The number of nitrogens with one attached hydrogen (secondary N) is 2. The third-order valence-electron chi connectivity index (χ3n) is 3.84. The van der Waals surface area contributed by atoms with E-state index < -0.39 is 0 Å². The van der Waals surface area contributed by atoms with E-state index in [1.165, 1.54) is 27.7 Å². The van der Waals surface area contributed by atoms with Gasteiger partial charge in [0.05, 0.1) is 17.2 Å². The summed E-state index contributed by atoms with van der Waals surface area (Å²) < 4.78 is 4.91. The number of amides is 2. The van der Waals surface area contributed by atoms with Gasteiger partial charge in [0.15, 0.2) is 5.13 Å². The van der Waals surface area contributed by atoms with Gasteiger partial charge < -0.3 is 10.1 Å². The Morgan fingerprint density at radius 1 is 1.22 bits per heavy atom. The molecule has 1 heterocycles. The summed E-state index contributed by atoms with van der Waals surface area (Å²) in [6, 6.07) is 12.3. The Kier molecular flexibility index (Phi) is 3.48. The van der Waals surface area contributed by atoms with Gasteiger partial charge in [0.25, 0.3) is 0 Å². The number of aromatic nitrogens is 1. The van der Waals surface area contributed by atoms with Crippen LogP contribution >= 0.6 is 11.3 Å². The summed E-state index contributed by atoms with van der Waals surface area (Å²) in [5.74, 6) is 0. The van der Waals surface area contributed by atoms with Gasteiger partial charge in [0.2, 0.25) is 0 Å². The molecule has 2 amide bonds. The van der Waals surface area contributed by atoms with E-state index in [1.54, 1.807) is 7.11 Å². The van der Waals surface area contributed by atoms with Gasteiger partial charge >= 0.3 is 6.03 Å². The zero-order chi connectivity index (χ0) is 15.8. The lowest BCUT2D eigenvalue weighted by Crippen LogP contribution is -2.31. The molecular formula is C17H15N3O2S. The first-order valence-electron chi connectivity index (χ1n) is 7.35. The number of carbonyl (C=O) groups is 1. The minimum Gasteiger partial charge on any atom is -0.383 e. The summed E-state index contributed by atoms with van der Waals surface area (Å²) in [6.07, 6.45) is 0. The molecule has 1 aliphatic rings. The van der Waals surface area contributed by atoms with E-state index in [-0.39, 0.29) is 6.03 Å². The molecule has 0 spiro atoms. The molecule has 116 valence electrons. The third-order valence-corrected chi connectivity index (χ3v) is 4.85. The Morgan fingerprint density at radius 3 is 2.78 bits per heavy atom. The Bertz CT molecular complexity index is 848. The van der Waals surface area contributed by atoms with E-state index >= 15 is 0 Å². The maximum atomic E-state index is 11.8. The number of carbonyl (C=O) groups excluding carboxylic acids is 1. The fourth-order valence-corrected chi connectivity index (χ4v) is 3.88. The Morgan fingerprint density at radius 2 is 2.00 bits per heavy atom. The van der Waals surface area contributed by atoms with Crippen LogP contribution in [0.2, 0.25) is 0 Å². The molecule has 0 aliphatic heterocycles. The molecule has 1 aromatic heterocycles. The van der Waals surface area contributed by atoms with Crippen molar-refractivity contribution in [3.63, 3.8) is 0 Å². The zero-order valence-corrected chi connectivity index (χ0v) is 13.4. The standard InChI is InChI=1S/C17H15N3O2S/c1-22-9-8-18-16(21)20-17-19-14-11-6-2-4-10-5-3-7-12(13(10)11)15(14)23-17/h2-7H,8-9H2,1H3,(H2,18,19,20,21). The highest BCUT2D eigenvalue weighted by atomic mass is 32.1. The minimum atomic E-state index is -0.263. The van der Waals surface area contributed by atoms with Gasteiger partial charge in [-0.05, 0) is 10.8 Å². The van der Waals surface area contributed by atoms with Gasteiger partial charge in [0.1, 0.15) is 0 Å². The highest BCUT2D eigenvalue weighted by Gasteiger charge is 2.25. The van der Waals surface area contributed by atoms with Crippen molar-refractivity contribution in [2.24, 2.45) is 0 Å². The number of anilines is 1. The number of rotatable bonds is 4. The van der Waals surface area contributed by atoms with Crippen molar-refractivity contribution in [2.45, 2.75) is 0 Å². The second-order valence-corrected chi connectivity index (χ2v) is 6.28. The number of benzene rings is 2. The first-order valence-corrected chi connectivity index (χ1v) is 8.16. The molecule has 5 nitrogen and oxygen atoms in total. The second kappa shape index (κ2) is 5.64. The fraction of sp³-hybridized carbons (Fsp3) is 0.176. The van der Waals surface area contributed by atoms with Crippen LogP contribution in [0.15, 0.2) is 36.4 Å². The van der Waals surface area contributed by atoms with Gasteiger partial charge in [-0.1, -0.05) is 47.7 Å². The van der Waals surface area contributed by atoms with E-state index in [0.717, 1.165) is 16.1 Å². The van der Waals surface area contributed by atoms with Crippen LogP contribution in [0.25, 0.3) is 32.5 Å². The quantitative estimate of drug-likeness (QED) is 0.562. The average Bonchev–Trinajstić information content (AvgIpc) is 3.08. The van der Waals surface area contributed by atoms with Crippen LogP contribution in [0.3, 0.4) is 0 Å². The van der Waals surface area contributed by atoms with Gasteiger partial charge in [-0.25, -0.2) is 9.78 Å². The van der Waals surface area contributed by atoms with Crippen molar-refractivity contribution in [1.82, 2.24) is 10.3 Å². The predicted molar refractivity (Wildman–Crippen MR) is 92.9 cm³/mol. The second-order valence-electron chi connectivity index (χ2n) is 5.28. The summed E-state index contributed by atoms with van der Waals surface area (Å²) in [5, 5.41) is 8.60. The van der Waals surface area contributed by atoms with Crippen LogP contribution in [0.4, 0.5) is 9.93 Å². The lowest BCUT2D eigenvalue weighted by atomic mass is 10.0. The van der Waals surface area contributed by atoms with E-state index in [4.69, 9.17) is 4.74 Å². The molecular weight excluding hydrogens is 310 g/mol. The molecule has 23 heavy (non-hydrogen) atoms. The van der Waals surface area contributed by atoms with Gasteiger partial charge in [0, 0.05) is 24.8 Å². The monoisotopic (exact) mass is 325 g/mol. The van der Waals surface area contributed by atoms with Crippen LogP contribution in [0, 0.1) is 0 Å². The van der Waals surface area contributed by atoms with E-state index in [2.05, 4.69) is 45.9 Å². The number of hydrogen-bond acceptors (Lipinski definition) is 4. The SMILES string of the molecule is COCCNC(=O)Nc1nc2c(s1)-c1cccc3cccc-2c13. The summed E-state index contributed by atoms with van der Waals surface area (Å²) in [5.41, 5.74) is 3.28. The van der Waals surface area contributed by atoms with E-state index in [1.807, 2.05) is 6.07 Å². The number of ether oxygens (including phenoxy) is 1. The summed E-state index contributed by atoms with van der Waals surface area (Å²) in [4.78, 5) is 17.6. The molecule has 0 saturated carbocycles. The third kappa shape index (κ3) is 2.36. The number of methoxy groups -OCH3 is 1. The highest BCUT2D eigenvalue weighted by Crippen LogP contribution is 2.50. The predicted octanol–water partition coefficient (Wildman–Crippen LogP) is 3.71. The van der Waals surface area contributed by atoms with Crippen molar-refractivity contribution >= 4 is 33.3 Å². The van der Waals surface area contributed by atoms with Crippen LogP contribution in [0.1, 0.15) is 0 Å². The number of thiazole rings is 1. The molecule has 0 fully saturated rings. The maximum Gasteiger partial charge on any atom is 0.321 e. The molecule has 0 unspecified atom stereocenters. The fourth-order valence-electron chi connectivity index (χ4n) is 2.87. The minimum absolute atomic E-state index is 0.263. The molecule has 2 aromatic carbocycles. The van der Waals surface area contributed by atoms with Crippen molar-refractivity contribution in [2.75, 3.05) is 25.6 Å². The zero-order valence-electron chi connectivity index (χ0n) is 12.6. The summed E-state index contributed by atoms with van der Waals surface area (Å²) >= 11 is 1.50. The van der Waals surface area contributed by atoms with E-state index in [0.29, 0.717) is 18.3 Å². The number of fused-ring (bicyclic) bond motifs is 3. The first kappa shape index (κ1) is 14.2.